The summed E-state index contributed by atoms with van der Waals surface area (Å²) < 4.78 is 21.7. The number of amides is 1. The van der Waals surface area contributed by atoms with Crippen LogP contribution in [0.15, 0.2) is 75.2 Å². The molecule has 0 atom stereocenters. The summed E-state index contributed by atoms with van der Waals surface area (Å²) in [6, 6.07) is 13.3. The van der Waals surface area contributed by atoms with Gasteiger partial charge in [-0.15, -0.1) is 16.8 Å². The molecule has 0 unspecified atom stereocenters. The number of rotatable bonds is 7. The summed E-state index contributed by atoms with van der Waals surface area (Å²) >= 11 is 4.70. The Labute approximate surface area is 184 Å². The maximum Gasteiger partial charge on any atom is 0.234 e. The number of nitrogens with one attached hydrogen (secondary N) is 1. The second-order valence-electron chi connectivity index (χ2n) is 6.34. The smallest absolute Gasteiger partial charge is 0.234 e. The van der Waals surface area contributed by atoms with Crippen molar-refractivity contribution in [1.82, 2.24) is 14.8 Å². The number of fused-ring (bicyclic) bond motifs is 1. The molecule has 2 heterocycles. The van der Waals surface area contributed by atoms with Crippen LogP contribution in [0.2, 0.25) is 0 Å². The summed E-state index contributed by atoms with van der Waals surface area (Å²) in [5, 5.41) is 12.7. The third-order valence-electron chi connectivity index (χ3n) is 4.19. The molecular weight excluding hydrogens is 471 g/mol. The summed E-state index contributed by atoms with van der Waals surface area (Å²) in [7, 11) is 0. The number of anilines is 1. The highest BCUT2D eigenvalue weighted by Gasteiger charge is 2.18. The lowest BCUT2D eigenvalue weighted by Gasteiger charge is -2.07. The fourth-order valence-corrected chi connectivity index (χ4v) is 3.98. The van der Waals surface area contributed by atoms with E-state index in [2.05, 4.69) is 38.0 Å². The van der Waals surface area contributed by atoms with Crippen LogP contribution in [0.4, 0.5) is 10.1 Å². The highest BCUT2D eigenvalue weighted by molar-refractivity contribution is 9.10. The zero-order chi connectivity index (χ0) is 21.1. The number of nitrogens with zero attached hydrogens (tertiary/aromatic N) is 3. The van der Waals surface area contributed by atoms with Gasteiger partial charge in [-0.1, -0.05) is 33.8 Å². The van der Waals surface area contributed by atoms with Gasteiger partial charge in [-0.05, 0) is 48.5 Å². The molecule has 152 valence electrons. The average molecular weight is 487 g/mol. The minimum atomic E-state index is -0.356. The number of furan rings is 1. The maximum atomic E-state index is 13.0. The first kappa shape index (κ1) is 20.4. The van der Waals surface area contributed by atoms with E-state index >= 15 is 0 Å². The Morgan fingerprint density at radius 3 is 2.80 bits per heavy atom. The molecule has 30 heavy (non-hydrogen) atoms. The predicted molar refractivity (Wildman–Crippen MR) is 119 cm³/mol. The second kappa shape index (κ2) is 8.85. The summed E-state index contributed by atoms with van der Waals surface area (Å²) in [6.07, 6.45) is 1.73. The summed E-state index contributed by atoms with van der Waals surface area (Å²) in [5.74, 6) is 0.684. The molecule has 0 saturated heterocycles. The standard InChI is InChI=1S/C21H16BrFN4O2S/c1-2-9-27-20(18-11-13-10-14(22)3-8-17(13)29-18)25-26-21(27)30-12-19(28)24-16-6-4-15(23)5-7-16/h2-8,10-11H,1,9,12H2,(H,24,28). The SMILES string of the molecule is C=CCn1c(SCC(=O)Nc2ccc(F)cc2)nnc1-c1cc2cc(Br)ccc2o1. The molecule has 2 aromatic heterocycles. The number of carbonyl (C=O) groups excluding carboxylic acids is 1. The Hall–Kier alpha value is -2.91. The number of hydrogen-bond acceptors (Lipinski definition) is 5. The first-order chi connectivity index (χ1) is 14.5. The van der Waals surface area contributed by atoms with Gasteiger partial charge in [0.05, 0.1) is 5.75 Å². The zero-order valence-corrected chi connectivity index (χ0v) is 18.0. The number of allylic oxidation sites excluding steroid dienone is 1. The first-order valence-electron chi connectivity index (χ1n) is 8.95. The molecule has 9 heteroatoms. The normalized spacial score (nSPS) is 11.0. The minimum absolute atomic E-state index is 0.125. The fourth-order valence-electron chi connectivity index (χ4n) is 2.86. The van der Waals surface area contributed by atoms with Crippen molar-refractivity contribution in [1.29, 1.82) is 0 Å². The van der Waals surface area contributed by atoms with Crippen molar-refractivity contribution in [3.8, 4) is 11.6 Å². The Balaban J connectivity index is 1.52. The van der Waals surface area contributed by atoms with Crippen molar-refractivity contribution in [2.45, 2.75) is 11.7 Å². The highest BCUT2D eigenvalue weighted by Crippen LogP contribution is 2.30. The van der Waals surface area contributed by atoms with Gasteiger partial charge in [-0.25, -0.2) is 4.39 Å². The third kappa shape index (κ3) is 4.47. The summed E-state index contributed by atoms with van der Waals surface area (Å²) in [4.78, 5) is 12.2. The van der Waals surface area contributed by atoms with Crippen LogP contribution < -0.4 is 5.32 Å². The van der Waals surface area contributed by atoms with E-state index in [1.807, 2.05) is 28.8 Å². The lowest BCUT2D eigenvalue weighted by Crippen LogP contribution is -2.14. The Kier molecular flexibility index (Phi) is 6.01. The van der Waals surface area contributed by atoms with Crippen molar-refractivity contribution >= 4 is 50.3 Å². The monoisotopic (exact) mass is 486 g/mol. The molecule has 0 aliphatic heterocycles. The molecule has 4 rings (SSSR count). The van der Waals surface area contributed by atoms with Crippen LogP contribution in [0.25, 0.3) is 22.6 Å². The average Bonchev–Trinajstić information content (AvgIpc) is 3.32. The number of hydrogen-bond donors (Lipinski definition) is 1. The van der Waals surface area contributed by atoms with Gasteiger partial charge in [0.2, 0.25) is 11.7 Å². The van der Waals surface area contributed by atoms with Crippen molar-refractivity contribution < 1.29 is 13.6 Å². The fraction of sp³-hybridized carbons (Fsp3) is 0.0952. The Bertz CT molecular complexity index is 1220. The van der Waals surface area contributed by atoms with Crippen LogP contribution >= 0.6 is 27.7 Å². The van der Waals surface area contributed by atoms with Crippen molar-refractivity contribution in [2.24, 2.45) is 0 Å². The van der Waals surface area contributed by atoms with Gasteiger partial charge < -0.3 is 9.73 Å². The van der Waals surface area contributed by atoms with E-state index in [9.17, 15) is 9.18 Å². The lowest BCUT2D eigenvalue weighted by molar-refractivity contribution is -0.113. The van der Waals surface area contributed by atoms with Crippen LogP contribution in [0.3, 0.4) is 0 Å². The molecule has 0 bridgehead atoms. The van der Waals surface area contributed by atoms with E-state index in [1.54, 1.807) is 6.08 Å². The predicted octanol–water partition coefficient (Wildman–Crippen LogP) is 5.51. The van der Waals surface area contributed by atoms with Gasteiger partial charge >= 0.3 is 0 Å². The van der Waals surface area contributed by atoms with E-state index in [-0.39, 0.29) is 17.5 Å². The second-order valence-corrected chi connectivity index (χ2v) is 8.20. The van der Waals surface area contributed by atoms with Gasteiger partial charge in [-0.2, -0.15) is 0 Å². The first-order valence-corrected chi connectivity index (χ1v) is 10.7. The van der Waals surface area contributed by atoms with Gasteiger partial charge in [-0.3, -0.25) is 9.36 Å². The topological polar surface area (TPSA) is 73.0 Å². The molecule has 1 amide bonds. The van der Waals surface area contributed by atoms with E-state index in [4.69, 9.17) is 4.42 Å². The molecule has 0 spiro atoms. The molecule has 0 aliphatic rings. The molecule has 4 aromatic rings. The summed E-state index contributed by atoms with van der Waals surface area (Å²) in [6.45, 7) is 4.25. The largest absolute Gasteiger partial charge is 0.453 e. The van der Waals surface area contributed by atoms with Gasteiger partial charge in [0.1, 0.15) is 11.4 Å². The van der Waals surface area contributed by atoms with Crippen molar-refractivity contribution in [3.05, 3.63) is 71.5 Å². The molecule has 1 N–H and O–H groups in total. The highest BCUT2D eigenvalue weighted by atomic mass is 79.9. The van der Waals surface area contributed by atoms with Crippen LogP contribution in [0.1, 0.15) is 0 Å². The van der Waals surface area contributed by atoms with Crippen molar-refractivity contribution in [3.63, 3.8) is 0 Å². The van der Waals surface area contributed by atoms with E-state index in [1.165, 1.54) is 36.0 Å². The third-order valence-corrected chi connectivity index (χ3v) is 5.65. The Morgan fingerprint density at radius 1 is 1.23 bits per heavy atom. The number of halogens is 2. The number of benzene rings is 2. The van der Waals surface area contributed by atoms with E-state index < -0.39 is 0 Å². The van der Waals surface area contributed by atoms with Crippen LogP contribution in [-0.2, 0) is 11.3 Å². The molecule has 6 nitrogen and oxygen atoms in total. The lowest BCUT2D eigenvalue weighted by atomic mass is 10.2. The van der Waals surface area contributed by atoms with Gasteiger partial charge in [0.15, 0.2) is 10.9 Å². The zero-order valence-electron chi connectivity index (χ0n) is 15.6. The Morgan fingerprint density at radius 2 is 2.03 bits per heavy atom. The summed E-state index contributed by atoms with van der Waals surface area (Å²) in [5.41, 5.74) is 1.28. The molecule has 0 aliphatic carbocycles. The van der Waals surface area contributed by atoms with Crippen molar-refractivity contribution in [2.75, 3.05) is 11.1 Å². The van der Waals surface area contributed by atoms with Crippen LogP contribution in [0.5, 0.6) is 0 Å². The van der Waals surface area contributed by atoms with Crippen LogP contribution in [0, 0.1) is 5.82 Å². The molecule has 0 fully saturated rings. The molecule has 0 saturated carbocycles. The van der Waals surface area contributed by atoms with Gasteiger partial charge in [0, 0.05) is 22.1 Å². The number of aromatic nitrogens is 3. The molecule has 2 aromatic carbocycles. The van der Waals surface area contributed by atoms with Crippen LogP contribution in [-0.4, -0.2) is 26.4 Å². The number of thioether (sulfide) groups is 1. The maximum absolute atomic E-state index is 13.0. The molecule has 0 radical (unpaired) electrons. The van der Waals surface area contributed by atoms with E-state index in [0.29, 0.717) is 29.0 Å². The van der Waals surface area contributed by atoms with Gasteiger partial charge in [0.25, 0.3) is 0 Å². The molecular formula is C21H16BrFN4O2S. The minimum Gasteiger partial charge on any atom is -0.453 e. The number of carbonyl (C=O) groups is 1. The van der Waals surface area contributed by atoms with E-state index in [0.717, 1.165) is 15.4 Å². The quantitative estimate of drug-likeness (QED) is 0.275.